The molecule has 0 unspecified atom stereocenters. The number of para-hydroxylation sites is 1. The topological polar surface area (TPSA) is 48.2 Å². The van der Waals surface area contributed by atoms with Crippen LogP contribution in [0.15, 0.2) is 59.1 Å². The summed E-state index contributed by atoms with van der Waals surface area (Å²) in [6.07, 6.45) is 0. The third-order valence-electron chi connectivity index (χ3n) is 3.58. The van der Waals surface area contributed by atoms with E-state index in [4.69, 9.17) is 9.26 Å². The predicted molar refractivity (Wildman–Crippen MR) is 89.2 cm³/mol. The highest BCUT2D eigenvalue weighted by molar-refractivity contribution is 5.55. The van der Waals surface area contributed by atoms with Crippen molar-refractivity contribution in [2.45, 2.75) is 32.8 Å². The van der Waals surface area contributed by atoms with E-state index in [-0.39, 0.29) is 12.0 Å². The van der Waals surface area contributed by atoms with Gasteiger partial charge in [-0.05, 0) is 23.1 Å². The van der Waals surface area contributed by atoms with Crippen molar-refractivity contribution in [1.29, 1.82) is 0 Å². The molecule has 1 aromatic heterocycles. The first-order valence-corrected chi connectivity index (χ1v) is 7.64. The number of rotatable bonds is 4. The Morgan fingerprint density at radius 2 is 1.65 bits per heavy atom. The van der Waals surface area contributed by atoms with Gasteiger partial charge in [-0.3, -0.25) is 0 Å². The highest BCUT2D eigenvalue weighted by atomic mass is 16.5. The Balaban J connectivity index is 1.69. The van der Waals surface area contributed by atoms with Crippen LogP contribution in [0.3, 0.4) is 0 Å². The molecule has 3 aromatic rings. The molecule has 0 saturated heterocycles. The molecule has 0 aliphatic heterocycles. The van der Waals surface area contributed by atoms with E-state index in [0.717, 1.165) is 11.3 Å². The molecule has 0 bridgehead atoms. The van der Waals surface area contributed by atoms with Crippen LogP contribution >= 0.6 is 0 Å². The van der Waals surface area contributed by atoms with E-state index in [9.17, 15) is 0 Å². The monoisotopic (exact) mass is 308 g/mol. The molecule has 0 spiro atoms. The van der Waals surface area contributed by atoms with Crippen LogP contribution < -0.4 is 4.74 Å². The lowest BCUT2D eigenvalue weighted by Crippen LogP contribution is -2.10. The summed E-state index contributed by atoms with van der Waals surface area (Å²) in [6, 6.07) is 17.8. The zero-order chi connectivity index (χ0) is 16.3. The second-order valence-corrected chi connectivity index (χ2v) is 6.44. The van der Waals surface area contributed by atoms with Gasteiger partial charge in [0, 0.05) is 5.56 Å². The van der Waals surface area contributed by atoms with Crippen molar-refractivity contribution in [1.82, 2.24) is 10.1 Å². The Morgan fingerprint density at radius 3 is 2.30 bits per heavy atom. The van der Waals surface area contributed by atoms with Gasteiger partial charge >= 0.3 is 0 Å². The Kier molecular flexibility index (Phi) is 4.15. The molecule has 2 aromatic carbocycles. The highest BCUT2D eigenvalue weighted by Crippen LogP contribution is 2.25. The third-order valence-corrected chi connectivity index (χ3v) is 3.58. The summed E-state index contributed by atoms with van der Waals surface area (Å²) in [5.41, 5.74) is 2.34. The van der Waals surface area contributed by atoms with Crippen molar-refractivity contribution in [2.24, 2.45) is 0 Å². The maximum absolute atomic E-state index is 5.61. The first-order chi connectivity index (χ1) is 11.0. The van der Waals surface area contributed by atoms with Gasteiger partial charge in [0.05, 0.1) is 0 Å². The summed E-state index contributed by atoms with van der Waals surface area (Å²) in [6.45, 7) is 6.83. The van der Waals surface area contributed by atoms with E-state index in [1.807, 2.05) is 42.5 Å². The van der Waals surface area contributed by atoms with Crippen LogP contribution in [0.5, 0.6) is 5.75 Å². The molecule has 0 saturated carbocycles. The van der Waals surface area contributed by atoms with Crippen LogP contribution in [0.4, 0.5) is 0 Å². The number of hydrogen-bond donors (Lipinski definition) is 0. The Bertz CT molecular complexity index is 756. The molecule has 0 radical (unpaired) electrons. The van der Waals surface area contributed by atoms with Crippen molar-refractivity contribution in [2.75, 3.05) is 0 Å². The van der Waals surface area contributed by atoms with Crippen LogP contribution in [0.25, 0.3) is 11.4 Å². The molecule has 1 heterocycles. The quantitative estimate of drug-likeness (QED) is 0.706. The highest BCUT2D eigenvalue weighted by Gasteiger charge is 2.14. The molecule has 0 aliphatic rings. The van der Waals surface area contributed by atoms with Crippen molar-refractivity contribution < 1.29 is 9.26 Å². The fourth-order valence-corrected chi connectivity index (χ4v) is 2.21. The SMILES string of the molecule is CC(C)(C)c1ccc(-c2noc(COc3ccccc3)n2)cc1. The first kappa shape index (κ1) is 15.3. The third kappa shape index (κ3) is 3.77. The standard InChI is InChI=1S/C19H20N2O2/c1-19(2,3)15-11-9-14(10-12-15)18-20-17(23-21-18)13-22-16-7-5-4-6-8-16/h4-12H,13H2,1-3H3. The van der Waals surface area contributed by atoms with Crippen LogP contribution in [-0.2, 0) is 12.0 Å². The lowest BCUT2D eigenvalue weighted by atomic mass is 9.87. The van der Waals surface area contributed by atoms with Crippen LogP contribution in [0.1, 0.15) is 32.2 Å². The maximum atomic E-state index is 5.61. The fraction of sp³-hybridized carbons (Fsp3) is 0.263. The van der Waals surface area contributed by atoms with Gasteiger partial charge in [-0.2, -0.15) is 4.98 Å². The largest absolute Gasteiger partial charge is 0.484 e. The fourth-order valence-electron chi connectivity index (χ4n) is 2.21. The molecule has 0 aliphatic carbocycles. The van der Waals surface area contributed by atoms with Crippen molar-refractivity contribution >= 4 is 0 Å². The van der Waals surface area contributed by atoms with Gasteiger partial charge in [0.15, 0.2) is 6.61 Å². The summed E-state index contributed by atoms with van der Waals surface area (Å²) in [5.74, 6) is 1.82. The smallest absolute Gasteiger partial charge is 0.264 e. The second-order valence-electron chi connectivity index (χ2n) is 6.44. The average molecular weight is 308 g/mol. The van der Waals surface area contributed by atoms with E-state index >= 15 is 0 Å². The van der Waals surface area contributed by atoms with E-state index in [2.05, 4.69) is 43.0 Å². The summed E-state index contributed by atoms with van der Waals surface area (Å²) in [5, 5.41) is 4.02. The molecule has 0 N–H and O–H groups in total. The molecule has 118 valence electrons. The van der Waals surface area contributed by atoms with Crippen LogP contribution in [0.2, 0.25) is 0 Å². The minimum atomic E-state index is 0.129. The minimum absolute atomic E-state index is 0.129. The Hall–Kier alpha value is -2.62. The van der Waals surface area contributed by atoms with Gasteiger partial charge in [0.2, 0.25) is 5.82 Å². The molecule has 0 amide bonds. The number of hydrogen-bond acceptors (Lipinski definition) is 4. The van der Waals surface area contributed by atoms with Gasteiger partial charge in [-0.15, -0.1) is 0 Å². The van der Waals surface area contributed by atoms with Crippen molar-refractivity contribution in [3.63, 3.8) is 0 Å². The molecular weight excluding hydrogens is 288 g/mol. The lowest BCUT2D eigenvalue weighted by molar-refractivity contribution is 0.243. The average Bonchev–Trinajstić information content (AvgIpc) is 3.02. The molecule has 0 fully saturated rings. The Morgan fingerprint density at radius 1 is 0.957 bits per heavy atom. The zero-order valence-corrected chi connectivity index (χ0v) is 13.6. The molecule has 4 nitrogen and oxygen atoms in total. The van der Waals surface area contributed by atoms with Gasteiger partial charge in [-0.1, -0.05) is 68.4 Å². The summed E-state index contributed by atoms with van der Waals surface area (Å²) < 4.78 is 10.9. The molecule has 4 heteroatoms. The lowest BCUT2D eigenvalue weighted by Gasteiger charge is -2.18. The van der Waals surface area contributed by atoms with Crippen molar-refractivity contribution in [3.8, 4) is 17.1 Å². The van der Waals surface area contributed by atoms with Crippen LogP contribution in [0, 0.1) is 0 Å². The molecule has 23 heavy (non-hydrogen) atoms. The van der Waals surface area contributed by atoms with Gasteiger partial charge in [-0.25, -0.2) is 0 Å². The van der Waals surface area contributed by atoms with Gasteiger partial charge in [0.1, 0.15) is 5.75 Å². The van der Waals surface area contributed by atoms with Gasteiger partial charge in [0.25, 0.3) is 5.89 Å². The molecular formula is C19H20N2O2. The summed E-state index contributed by atoms with van der Waals surface area (Å²) >= 11 is 0. The number of ether oxygens (including phenoxy) is 1. The molecule has 3 rings (SSSR count). The van der Waals surface area contributed by atoms with E-state index in [1.54, 1.807) is 0 Å². The zero-order valence-electron chi connectivity index (χ0n) is 13.6. The normalized spacial score (nSPS) is 11.4. The number of nitrogens with zero attached hydrogens (tertiary/aromatic N) is 2. The summed E-state index contributed by atoms with van der Waals surface area (Å²) in [4.78, 5) is 4.38. The van der Waals surface area contributed by atoms with E-state index < -0.39 is 0 Å². The van der Waals surface area contributed by atoms with Crippen LogP contribution in [-0.4, -0.2) is 10.1 Å². The number of aromatic nitrogens is 2. The predicted octanol–water partition coefficient (Wildman–Crippen LogP) is 4.61. The van der Waals surface area contributed by atoms with E-state index in [1.165, 1.54) is 5.56 Å². The van der Waals surface area contributed by atoms with E-state index in [0.29, 0.717) is 11.7 Å². The second kappa shape index (κ2) is 6.24. The van der Waals surface area contributed by atoms with Gasteiger partial charge < -0.3 is 9.26 Å². The first-order valence-electron chi connectivity index (χ1n) is 7.64. The molecule has 0 atom stereocenters. The Labute approximate surface area is 136 Å². The number of benzene rings is 2. The van der Waals surface area contributed by atoms with Crippen molar-refractivity contribution in [3.05, 3.63) is 66.1 Å². The maximum Gasteiger partial charge on any atom is 0.264 e. The minimum Gasteiger partial charge on any atom is -0.484 e. The summed E-state index contributed by atoms with van der Waals surface area (Å²) in [7, 11) is 0.